The van der Waals surface area contributed by atoms with Crippen molar-refractivity contribution in [3.8, 4) is 0 Å². The maximum atomic E-state index is 13.5. The average molecular weight is 509 g/mol. The van der Waals surface area contributed by atoms with Gasteiger partial charge in [-0.2, -0.15) is 15.0 Å². The predicted octanol–water partition coefficient (Wildman–Crippen LogP) is 2.96. The minimum atomic E-state index is -0.934. The van der Waals surface area contributed by atoms with Crippen LogP contribution in [-0.4, -0.2) is 72.6 Å². The zero-order chi connectivity index (χ0) is 25.9. The number of carbonyl (C=O) groups is 1. The third-order valence-corrected chi connectivity index (χ3v) is 6.76. The van der Waals surface area contributed by atoms with Gasteiger partial charge in [-0.25, -0.2) is 8.78 Å². The van der Waals surface area contributed by atoms with Crippen molar-refractivity contribution >= 4 is 29.4 Å². The molecule has 2 aliphatic heterocycles. The number of hydrogen-bond acceptors (Lipinski definition) is 8. The largest absolute Gasteiger partial charge is 0.357 e. The minimum absolute atomic E-state index is 0.103. The van der Waals surface area contributed by atoms with Gasteiger partial charge in [0.15, 0.2) is 11.6 Å². The Bertz CT molecular complexity index is 1300. The number of amides is 1. The molecule has 3 aromatic rings. The van der Waals surface area contributed by atoms with Gasteiger partial charge in [-0.05, 0) is 61.3 Å². The molecule has 37 heavy (non-hydrogen) atoms. The van der Waals surface area contributed by atoms with E-state index >= 15 is 0 Å². The second-order valence-electron chi connectivity index (χ2n) is 9.33. The molecule has 11 heteroatoms. The van der Waals surface area contributed by atoms with E-state index in [0.717, 1.165) is 68.9 Å². The van der Waals surface area contributed by atoms with Gasteiger partial charge < -0.3 is 25.3 Å². The van der Waals surface area contributed by atoms with Gasteiger partial charge in [0.2, 0.25) is 17.8 Å². The maximum Gasteiger partial charge on any atom is 0.251 e. The lowest BCUT2D eigenvalue weighted by Gasteiger charge is -2.34. The molecule has 1 aromatic heterocycles. The first-order valence-electron chi connectivity index (χ1n) is 12.4. The molecule has 194 valence electrons. The third-order valence-electron chi connectivity index (χ3n) is 6.76. The molecule has 0 atom stereocenters. The summed E-state index contributed by atoms with van der Waals surface area (Å²) in [7, 11) is 3.90. The number of nitrogens with one attached hydrogen (secondary N) is 2. The number of nitrogens with zero attached hydrogens (tertiary/aromatic N) is 6. The van der Waals surface area contributed by atoms with Crippen molar-refractivity contribution in [1.29, 1.82) is 0 Å². The highest BCUT2D eigenvalue weighted by Gasteiger charge is 2.25. The molecule has 1 fully saturated rings. The molecular formula is C26H30F2N8O. The summed E-state index contributed by atoms with van der Waals surface area (Å²) in [6.45, 7) is 4.45. The van der Waals surface area contributed by atoms with Crippen molar-refractivity contribution in [1.82, 2.24) is 25.2 Å². The van der Waals surface area contributed by atoms with Crippen molar-refractivity contribution in [2.45, 2.75) is 19.4 Å². The zero-order valence-electron chi connectivity index (χ0n) is 21.0. The van der Waals surface area contributed by atoms with Crippen molar-refractivity contribution in [2.75, 3.05) is 61.9 Å². The molecule has 0 spiro atoms. The lowest BCUT2D eigenvalue weighted by atomic mass is 9.99. The number of anilines is 4. The fourth-order valence-corrected chi connectivity index (χ4v) is 4.61. The second kappa shape index (κ2) is 10.6. The van der Waals surface area contributed by atoms with Gasteiger partial charge in [0.25, 0.3) is 5.91 Å². The normalized spacial score (nSPS) is 15.9. The monoisotopic (exact) mass is 508 g/mol. The van der Waals surface area contributed by atoms with E-state index < -0.39 is 11.6 Å². The summed E-state index contributed by atoms with van der Waals surface area (Å²) in [6.07, 6.45) is 1.71. The number of hydrogen-bond donors (Lipinski definition) is 2. The van der Waals surface area contributed by atoms with Crippen LogP contribution in [-0.2, 0) is 13.0 Å². The Morgan fingerprint density at radius 1 is 0.946 bits per heavy atom. The van der Waals surface area contributed by atoms with E-state index in [0.29, 0.717) is 29.0 Å². The van der Waals surface area contributed by atoms with Crippen molar-refractivity contribution in [2.24, 2.45) is 0 Å². The number of carbonyl (C=O) groups excluding carboxylic acids is 1. The van der Waals surface area contributed by atoms with Crippen LogP contribution in [0.3, 0.4) is 0 Å². The van der Waals surface area contributed by atoms with Crippen LogP contribution in [0.5, 0.6) is 0 Å². The van der Waals surface area contributed by atoms with Gasteiger partial charge in [-0.1, -0.05) is 6.07 Å². The molecule has 0 saturated carbocycles. The number of piperazine rings is 1. The highest BCUT2D eigenvalue weighted by Crippen LogP contribution is 2.33. The lowest BCUT2D eigenvalue weighted by Crippen LogP contribution is -2.45. The fourth-order valence-electron chi connectivity index (χ4n) is 4.61. The summed E-state index contributed by atoms with van der Waals surface area (Å²) in [4.78, 5) is 33.4. The van der Waals surface area contributed by atoms with Crippen LogP contribution in [0, 0.1) is 11.6 Å². The topological polar surface area (TPSA) is 89.5 Å². The lowest BCUT2D eigenvalue weighted by molar-refractivity contribution is 0.0950. The van der Waals surface area contributed by atoms with E-state index in [2.05, 4.69) is 42.3 Å². The standard InChI is InChI=1S/C26H30F2N8O/c1-29-24-31-25(35-12-10-34(2)11-13-35)33-26(32-24)36-9-3-4-18-15-19(6-8-22(18)36)23(37)30-16-17-5-7-20(27)21(28)14-17/h5-8,14-15H,3-4,9-13,16H2,1-2H3,(H,30,37)(H,29,31,32,33). The average Bonchev–Trinajstić information content (AvgIpc) is 2.93. The number of rotatable bonds is 6. The number of benzene rings is 2. The zero-order valence-corrected chi connectivity index (χ0v) is 21.0. The maximum absolute atomic E-state index is 13.5. The van der Waals surface area contributed by atoms with E-state index in [9.17, 15) is 13.6 Å². The molecule has 1 amide bonds. The van der Waals surface area contributed by atoms with E-state index in [1.807, 2.05) is 12.1 Å². The first kappa shape index (κ1) is 24.8. The van der Waals surface area contributed by atoms with E-state index in [-0.39, 0.29) is 12.5 Å². The Kier molecular flexibility index (Phi) is 7.13. The number of halogens is 2. The van der Waals surface area contributed by atoms with Crippen LogP contribution in [0.25, 0.3) is 0 Å². The Hall–Kier alpha value is -3.86. The summed E-state index contributed by atoms with van der Waals surface area (Å²) in [5, 5.41) is 5.84. The van der Waals surface area contributed by atoms with E-state index in [1.165, 1.54) is 6.07 Å². The first-order valence-corrected chi connectivity index (χ1v) is 12.4. The Labute approximate surface area is 214 Å². The molecule has 3 heterocycles. The quantitative estimate of drug-likeness (QED) is 0.526. The summed E-state index contributed by atoms with van der Waals surface area (Å²) in [6, 6.07) is 9.15. The molecule has 2 aliphatic rings. The van der Waals surface area contributed by atoms with Gasteiger partial charge >= 0.3 is 0 Å². The molecule has 9 nitrogen and oxygen atoms in total. The predicted molar refractivity (Wildman–Crippen MR) is 138 cm³/mol. The number of aryl methyl sites for hydroxylation is 1. The summed E-state index contributed by atoms with van der Waals surface area (Å²) in [5.41, 5.74) is 2.98. The van der Waals surface area contributed by atoms with Crippen LogP contribution in [0.1, 0.15) is 27.9 Å². The molecule has 2 aromatic carbocycles. The molecule has 0 aliphatic carbocycles. The van der Waals surface area contributed by atoms with Crippen LogP contribution < -0.4 is 20.4 Å². The van der Waals surface area contributed by atoms with Crippen LogP contribution >= 0.6 is 0 Å². The molecule has 2 N–H and O–H groups in total. The van der Waals surface area contributed by atoms with E-state index in [4.69, 9.17) is 4.98 Å². The molecule has 5 rings (SSSR count). The Balaban J connectivity index is 1.35. The molecule has 0 unspecified atom stereocenters. The SMILES string of the molecule is CNc1nc(N2CCN(C)CC2)nc(N2CCCc3cc(C(=O)NCc4ccc(F)c(F)c4)ccc32)n1. The molecule has 0 radical (unpaired) electrons. The minimum Gasteiger partial charge on any atom is -0.357 e. The first-order chi connectivity index (χ1) is 17.9. The van der Waals surface area contributed by atoms with Gasteiger partial charge in [0.1, 0.15) is 0 Å². The number of aromatic nitrogens is 3. The number of likely N-dealkylation sites (N-methyl/N-ethyl adjacent to an activating group) is 1. The molecular weight excluding hydrogens is 478 g/mol. The van der Waals surface area contributed by atoms with Gasteiger partial charge in [-0.15, -0.1) is 0 Å². The van der Waals surface area contributed by atoms with E-state index in [1.54, 1.807) is 13.1 Å². The van der Waals surface area contributed by atoms with Crippen LogP contribution in [0.2, 0.25) is 0 Å². The van der Waals surface area contributed by atoms with Crippen LogP contribution in [0.4, 0.5) is 32.3 Å². The van der Waals surface area contributed by atoms with Crippen molar-refractivity contribution in [3.05, 3.63) is 64.7 Å². The summed E-state index contributed by atoms with van der Waals surface area (Å²) < 4.78 is 26.6. The highest BCUT2D eigenvalue weighted by atomic mass is 19.2. The highest BCUT2D eigenvalue weighted by molar-refractivity contribution is 5.95. The summed E-state index contributed by atoms with van der Waals surface area (Å²) >= 11 is 0. The number of fused-ring (bicyclic) bond motifs is 1. The molecule has 1 saturated heterocycles. The van der Waals surface area contributed by atoms with Crippen molar-refractivity contribution in [3.63, 3.8) is 0 Å². The van der Waals surface area contributed by atoms with Gasteiger partial charge in [0.05, 0.1) is 0 Å². The van der Waals surface area contributed by atoms with Gasteiger partial charge in [0, 0.05) is 57.6 Å². The third kappa shape index (κ3) is 5.46. The van der Waals surface area contributed by atoms with Gasteiger partial charge in [-0.3, -0.25) is 4.79 Å². The Morgan fingerprint density at radius 3 is 2.49 bits per heavy atom. The second-order valence-corrected chi connectivity index (χ2v) is 9.33. The van der Waals surface area contributed by atoms with Crippen LogP contribution in [0.15, 0.2) is 36.4 Å². The summed E-state index contributed by atoms with van der Waals surface area (Å²) in [5.74, 6) is -0.382. The molecule has 0 bridgehead atoms. The van der Waals surface area contributed by atoms with Crippen molar-refractivity contribution < 1.29 is 13.6 Å². The Morgan fingerprint density at radius 2 is 1.73 bits per heavy atom. The fraction of sp³-hybridized carbons (Fsp3) is 0.385. The smallest absolute Gasteiger partial charge is 0.251 e.